The lowest BCUT2D eigenvalue weighted by atomic mass is 10.1. The molecule has 5 nitrogen and oxygen atoms in total. The van der Waals surface area contributed by atoms with Crippen LogP contribution in [0.25, 0.3) is 0 Å². The Hall–Kier alpha value is -1.36. The SMILES string of the molecule is CCCc1c(N)ncnc1N(C)CC1CCCN1CC. The Labute approximate surface area is 122 Å². The van der Waals surface area contributed by atoms with Gasteiger partial charge in [-0.3, -0.25) is 4.90 Å². The molecule has 0 amide bonds. The minimum Gasteiger partial charge on any atom is -0.383 e. The molecule has 0 radical (unpaired) electrons. The van der Waals surface area contributed by atoms with Crippen LogP contribution in [0.5, 0.6) is 0 Å². The second kappa shape index (κ2) is 6.88. The number of hydrogen-bond donors (Lipinski definition) is 1. The smallest absolute Gasteiger partial charge is 0.137 e. The number of aromatic nitrogens is 2. The van der Waals surface area contributed by atoms with Gasteiger partial charge in [0.2, 0.25) is 0 Å². The van der Waals surface area contributed by atoms with Crippen molar-refractivity contribution in [2.24, 2.45) is 0 Å². The highest BCUT2D eigenvalue weighted by Gasteiger charge is 2.25. The van der Waals surface area contributed by atoms with Crippen LogP contribution in [0.4, 0.5) is 11.6 Å². The lowest BCUT2D eigenvalue weighted by molar-refractivity contribution is 0.270. The molecule has 5 heteroatoms. The monoisotopic (exact) mass is 277 g/mol. The Morgan fingerprint density at radius 1 is 1.40 bits per heavy atom. The molecule has 1 unspecified atom stereocenters. The van der Waals surface area contributed by atoms with E-state index in [0.29, 0.717) is 11.9 Å². The molecule has 2 N–H and O–H groups in total. The maximum absolute atomic E-state index is 6.02. The number of nitrogen functional groups attached to an aromatic ring is 1. The van der Waals surface area contributed by atoms with Crippen LogP contribution in [0.15, 0.2) is 6.33 Å². The molecule has 1 fully saturated rings. The predicted octanol–water partition coefficient (Wildman–Crippen LogP) is 1.93. The molecular formula is C15H27N5. The van der Waals surface area contributed by atoms with E-state index in [1.807, 2.05) is 0 Å². The van der Waals surface area contributed by atoms with Gasteiger partial charge in [0.1, 0.15) is 18.0 Å². The largest absolute Gasteiger partial charge is 0.383 e. The van der Waals surface area contributed by atoms with Gasteiger partial charge in [-0.05, 0) is 32.4 Å². The number of nitrogens with zero attached hydrogens (tertiary/aromatic N) is 4. The summed E-state index contributed by atoms with van der Waals surface area (Å²) < 4.78 is 0. The molecule has 0 saturated carbocycles. The van der Waals surface area contributed by atoms with E-state index in [4.69, 9.17) is 5.73 Å². The fourth-order valence-electron chi connectivity index (χ4n) is 3.16. The van der Waals surface area contributed by atoms with Crippen molar-refractivity contribution < 1.29 is 0 Å². The van der Waals surface area contributed by atoms with Crippen molar-refractivity contribution in [3.8, 4) is 0 Å². The number of likely N-dealkylation sites (tertiary alicyclic amines) is 1. The molecule has 1 saturated heterocycles. The van der Waals surface area contributed by atoms with Crippen LogP contribution in [0.2, 0.25) is 0 Å². The van der Waals surface area contributed by atoms with Gasteiger partial charge >= 0.3 is 0 Å². The number of hydrogen-bond acceptors (Lipinski definition) is 5. The summed E-state index contributed by atoms with van der Waals surface area (Å²) in [6.07, 6.45) is 6.16. The Morgan fingerprint density at radius 3 is 2.90 bits per heavy atom. The van der Waals surface area contributed by atoms with Crippen LogP contribution >= 0.6 is 0 Å². The van der Waals surface area contributed by atoms with E-state index in [1.54, 1.807) is 6.33 Å². The van der Waals surface area contributed by atoms with Gasteiger partial charge in [0.15, 0.2) is 0 Å². The van der Waals surface area contributed by atoms with Crippen LogP contribution in [0.3, 0.4) is 0 Å². The quantitative estimate of drug-likeness (QED) is 0.861. The molecule has 1 aromatic heterocycles. The Kier molecular flexibility index (Phi) is 5.17. The van der Waals surface area contributed by atoms with E-state index in [1.165, 1.54) is 19.4 Å². The molecule has 112 valence electrons. The molecule has 1 atom stereocenters. The molecule has 1 aliphatic heterocycles. The van der Waals surface area contributed by atoms with Gasteiger partial charge in [0, 0.05) is 25.2 Å². The number of rotatable bonds is 6. The van der Waals surface area contributed by atoms with Gasteiger partial charge in [-0.25, -0.2) is 9.97 Å². The molecule has 0 spiro atoms. The van der Waals surface area contributed by atoms with Crippen molar-refractivity contribution >= 4 is 11.6 Å². The van der Waals surface area contributed by atoms with Crippen LogP contribution < -0.4 is 10.6 Å². The lowest BCUT2D eigenvalue weighted by Gasteiger charge is -2.29. The molecular weight excluding hydrogens is 250 g/mol. The van der Waals surface area contributed by atoms with Crippen LogP contribution in [-0.4, -0.2) is 47.6 Å². The maximum atomic E-state index is 6.02. The minimum atomic E-state index is 0.627. The van der Waals surface area contributed by atoms with Gasteiger partial charge in [-0.1, -0.05) is 20.3 Å². The Morgan fingerprint density at radius 2 is 2.20 bits per heavy atom. The third kappa shape index (κ3) is 3.20. The van der Waals surface area contributed by atoms with Crippen LogP contribution in [0.1, 0.15) is 38.7 Å². The van der Waals surface area contributed by atoms with E-state index in [0.717, 1.165) is 37.3 Å². The molecule has 20 heavy (non-hydrogen) atoms. The van der Waals surface area contributed by atoms with Gasteiger partial charge in [-0.2, -0.15) is 0 Å². The average molecular weight is 277 g/mol. The van der Waals surface area contributed by atoms with Crippen molar-refractivity contribution in [2.75, 3.05) is 37.3 Å². The normalized spacial score (nSPS) is 19.4. The van der Waals surface area contributed by atoms with E-state index in [2.05, 4.69) is 40.7 Å². The number of anilines is 2. The topological polar surface area (TPSA) is 58.3 Å². The molecule has 1 aliphatic rings. The minimum absolute atomic E-state index is 0.627. The summed E-state index contributed by atoms with van der Waals surface area (Å²) in [5.41, 5.74) is 7.11. The predicted molar refractivity (Wildman–Crippen MR) is 84.0 cm³/mol. The van der Waals surface area contributed by atoms with Crippen LogP contribution in [0, 0.1) is 0 Å². The average Bonchev–Trinajstić information content (AvgIpc) is 2.88. The fourth-order valence-corrected chi connectivity index (χ4v) is 3.16. The maximum Gasteiger partial charge on any atom is 0.137 e. The molecule has 2 rings (SSSR count). The van der Waals surface area contributed by atoms with Crippen molar-refractivity contribution in [2.45, 2.75) is 45.6 Å². The lowest BCUT2D eigenvalue weighted by Crippen LogP contribution is -2.39. The second-order valence-electron chi connectivity index (χ2n) is 5.62. The van der Waals surface area contributed by atoms with Crippen LogP contribution in [-0.2, 0) is 6.42 Å². The van der Waals surface area contributed by atoms with Gasteiger partial charge in [0.25, 0.3) is 0 Å². The van der Waals surface area contributed by atoms with Gasteiger partial charge < -0.3 is 10.6 Å². The summed E-state index contributed by atoms with van der Waals surface area (Å²) in [6, 6.07) is 0.635. The van der Waals surface area contributed by atoms with Gasteiger partial charge in [0.05, 0.1) is 0 Å². The zero-order chi connectivity index (χ0) is 14.5. The third-order valence-electron chi connectivity index (χ3n) is 4.21. The van der Waals surface area contributed by atoms with E-state index >= 15 is 0 Å². The van der Waals surface area contributed by atoms with E-state index in [9.17, 15) is 0 Å². The highest BCUT2D eigenvalue weighted by Crippen LogP contribution is 2.24. The van der Waals surface area contributed by atoms with Crippen molar-refractivity contribution in [1.82, 2.24) is 14.9 Å². The fraction of sp³-hybridized carbons (Fsp3) is 0.733. The first-order valence-electron chi connectivity index (χ1n) is 7.71. The summed E-state index contributed by atoms with van der Waals surface area (Å²) in [7, 11) is 2.12. The molecule has 0 bridgehead atoms. The van der Waals surface area contributed by atoms with Gasteiger partial charge in [-0.15, -0.1) is 0 Å². The zero-order valence-corrected chi connectivity index (χ0v) is 13.0. The van der Waals surface area contributed by atoms with Crippen molar-refractivity contribution in [3.05, 3.63) is 11.9 Å². The summed E-state index contributed by atoms with van der Waals surface area (Å²) >= 11 is 0. The second-order valence-corrected chi connectivity index (χ2v) is 5.62. The molecule has 0 aliphatic carbocycles. The van der Waals surface area contributed by atoms with E-state index in [-0.39, 0.29) is 0 Å². The highest BCUT2D eigenvalue weighted by atomic mass is 15.2. The summed E-state index contributed by atoms with van der Waals surface area (Å²) in [4.78, 5) is 13.4. The molecule has 0 aromatic carbocycles. The first-order valence-corrected chi connectivity index (χ1v) is 7.71. The molecule has 1 aromatic rings. The third-order valence-corrected chi connectivity index (χ3v) is 4.21. The summed E-state index contributed by atoms with van der Waals surface area (Å²) in [5, 5.41) is 0. The summed E-state index contributed by atoms with van der Waals surface area (Å²) in [6.45, 7) is 7.77. The number of likely N-dealkylation sites (N-methyl/N-ethyl adjacent to an activating group) is 2. The number of nitrogens with two attached hydrogens (primary N) is 1. The van der Waals surface area contributed by atoms with Crippen molar-refractivity contribution in [3.63, 3.8) is 0 Å². The zero-order valence-electron chi connectivity index (χ0n) is 13.0. The van der Waals surface area contributed by atoms with Crippen molar-refractivity contribution in [1.29, 1.82) is 0 Å². The van der Waals surface area contributed by atoms with E-state index < -0.39 is 0 Å². The molecule has 2 heterocycles. The summed E-state index contributed by atoms with van der Waals surface area (Å²) in [5.74, 6) is 1.63. The first-order chi connectivity index (χ1) is 9.67. The Bertz CT molecular complexity index is 434. The standard InChI is InChI=1S/C15H27N5/c1-4-7-13-14(16)17-11-18-15(13)19(3)10-12-8-6-9-20(12)5-2/h11-12H,4-10H2,1-3H3,(H2,16,17,18). The Balaban J connectivity index is 2.12. The highest BCUT2D eigenvalue weighted by molar-refractivity contribution is 5.56. The first kappa shape index (κ1) is 15.0.